The third-order valence-corrected chi connectivity index (χ3v) is 3.58. The van der Waals surface area contributed by atoms with Gasteiger partial charge in [0.2, 0.25) is 15.9 Å². The van der Waals surface area contributed by atoms with Gasteiger partial charge in [0.05, 0.1) is 5.69 Å². The Labute approximate surface area is 118 Å². The van der Waals surface area contributed by atoms with Gasteiger partial charge < -0.3 is 16.4 Å². The molecular formula is C12H20N4O3S. The number of sulfonamides is 1. The zero-order valence-electron chi connectivity index (χ0n) is 11.5. The molecule has 0 aliphatic rings. The van der Waals surface area contributed by atoms with E-state index in [1.54, 1.807) is 6.92 Å². The number of carbonyl (C=O) groups excluding carboxylic acids is 1. The molecule has 1 aromatic rings. The number of nitrogens with two attached hydrogens (primary N) is 2. The maximum atomic E-state index is 11.8. The van der Waals surface area contributed by atoms with Gasteiger partial charge in [-0.05, 0) is 31.5 Å². The molecule has 0 fully saturated rings. The third kappa shape index (κ3) is 4.39. The van der Waals surface area contributed by atoms with Crippen molar-refractivity contribution in [1.29, 1.82) is 0 Å². The van der Waals surface area contributed by atoms with E-state index in [0.717, 1.165) is 6.42 Å². The second-order valence-electron chi connectivity index (χ2n) is 4.46. The average Bonchev–Trinajstić information content (AvgIpc) is 2.36. The van der Waals surface area contributed by atoms with E-state index >= 15 is 0 Å². The highest BCUT2D eigenvalue weighted by atomic mass is 32.2. The lowest BCUT2D eigenvalue weighted by Gasteiger charge is -2.17. The maximum Gasteiger partial charge on any atom is 0.242 e. The van der Waals surface area contributed by atoms with Gasteiger partial charge >= 0.3 is 0 Å². The van der Waals surface area contributed by atoms with Crippen LogP contribution in [0.15, 0.2) is 23.1 Å². The first-order valence-corrected chi connectivity index (χ1v) is 7.77. The van der Waals surface area contributed by atoms with E-state index in [-0.39, 0.29) is 22.2 Å². The second kappa shape index (κ2) is 6.58. The molecule has 8 heteroatoms. The summed E-state index contributed by atoms with van der Waals surface area (Å²) in [6, 6.07) is 3.69. The van der Waals surface area contributed by atoms with Gasteiger partial charge in [-0.15, -0.1) is 0 Å². The van der Waals surface area contributed by atoms with Crippen LogP contribution in [0.4, 0.5) is 11.4 Å². The van der Waals surface area contributed by atoms with Crippen molar-refractivity contribution in [3.63, 3.8) is 0 Å². The van der Waals surface area contributed by atoms with Gasteiger partial charge in [0.15, 0.2) is 0 Å². The molecule has 0 aromatic heterocycles. The lowest BCUT2D eigenvalue weighted by atomic mass is 10.2. The van der Waals surface area contributed by atoms with Crippen molar-refractivity contribution in [1.82, 2.24) is 5.32 Å². The lowest BCUT2D eigenvalue weighted by Crippen LogP contribution is -2.38. The highest BCUT2D eigenvalue weighted by Gasteiger charge is 2.18. The molecule has 7 nitrogen and oxygen atoms in total. The minimum absolute atomic E-state index is 0.132. The van der Waals surface area contributed by atoms with Crippen molar-refractivity contribution in [2.24, 2.45) is 5.14 Å². The molecule has 0 radical (unpaired) electrons. The quantitative estimate of drug-likeness (QED) is 0.560. The summed E-state index contributed by atoms with van der Waals surface area (Å²) < 4.78 is 23.0. The van der Waals surface area contributed by atoms with Crippen LogP contribution in [0.25, 0.3) is 0 Å². The standard InChI is InChI=1S/C12H20N4O3S/c1-3-6-15-12(17)8(2)16-10-5-4-9(13)7-11(10)20(14,18)19/h4-5,7-8,16H,3,6,13H2,1-2H3,(H,15,17)(H2,14,18,19). The monoisotopic (exact) mass is 300 g/mol. The smallest absolute Gasteiger partial charge is 0.242 e. The summed E-state index contributed by atoms with van der Waals surface area (Å²) in [6.45, 7) is 4.14. The maximum absolute atomic E-state index is 11.8. The number of benzene rings is 1. The Balaban J connectivity index is 2.95. The molecule has 0 saturated carbocycles. The van der Waals surface area contributed by atoms with Crippen LogP contribution >= 0.6 is 0 Å². The molecule has 0 aliphatic carbocycles. The number of hydrogen-bond acceptors (Lipinski definition) is 5. The number of carbonyl (C=O) groups is 1. The molecule has 0 aliphatic heterocycles. The molecule has 1 aromatic carbocycles. The van der Waals surface area contributed by atoms with Crippen molar-refractivity contribution in [3.8, 4) is 0 Å². The number of primary sulfonamides is 1. The Morgan fingerprint density at radius 3 is 2.60 bits per heavy atom. The van der Waals surface area contributed by atoms with Crippen molar-refractivity contribution in [2.75, 3.05) is 17.6 Å². The molecule has 1 amide bonds. The van der Waals surface area contributed by atoms with Crippen LogP contribution in [0.1, 0.15) is 20.3 Å². The van der Waals surface area contributed by atoms with Crippen LogP contribution in [0.5, 0.6) is 0 Å². The van der Waals surface area contributed by atoms with Gasteiger partial charge in [-0.2, -0.15) is 0 Å². The van der Waals surface area contributed by atoms with E-state index in [2.05, 4.69) is 10.6 Å². The Morgan fingerprint density at radius 1 is 1.40 bits per heavy atom. The first-order chi connectivity index (χ1) is 9.25. The van der Waals surface area contributed by atoms with Crippen LogP contribution in [0, 0.1) is 0 Å². The molecule has 0 saturated heterocycles. The molecule has 1 unspecified atom stereocenters. The summed E-state index contributed by atoms with van der Waals surface area (Å²) in [7, 11) is -3.92. The van der Waals surface area contributed by atoms with E-state index < -0.39 is 16.1 Å². The Hall–Kier alpha value is -1.80. The van der Waals surface area contributed by atoms with Crippen LogP contribution in [0.2, 0.25) is 0 Å². The largest absolute Gasteiger partial charge is 0.399 e. The van der Waals surface area contributed by atoms with E-state index in [4.69, 9.17) is 10.9 Å². The molecule has 0 heterocycles. The fourth-order valence-electron chi connectivity index (χ4n) is 1.59. The van der Waals surface area contributed by atoms with Crippen LogP contribution in [-0.4, -0.2) is 26.9 Å². The van der Waals surface area contributed by atoms with Gasteiger partial charge in [0.25, 0.3) is 0 Å². The van der Waals surface area contributed by atoms with Gasteiger partial charge in [0.1, 0.15) is 10.9 Å². The topological polar surface area (TPSA) is 127 Å². The highest BCUT2D eigenvalue weighted by Crippen LogP contribution is 2.23. The summed E-state index contributed by atoms with van der Waals surface area (Å²) in [5.41, 5.74) is 6.08. The third-order valence-electron chi connectivity index (χ3n) is 2.63. The fraction of sp³-hybridized carbons (Fsp3) is 0.417. The van der Waals surface area contributed by atoms with Crippen LogP contribution in [0.3, 0.4) is 0 Å². The predicted octanol–water partition coefficient (Wildman–Crippen LogP) is 0.243. The minimum Gasteiger partial charge on any atom is -0.399 e. The number of amides is 1. The van der Waals surface area contributed by atoms with Gasteiger partial charge in [-0.1, -0.05) is 6.92 Å². The first-order valence-electron chi connectivity index (χ1n) is 6.22. The Morgan fingerprint density at radius 2 is 2.05 bits per heavy atom. The number of hydrogen-bond donors (Lipinski definition) is 4. The molecule has 0 bridgehead atoms. The van der Waals surface area contributed by atoms with E-state index in [1.165, 1.54) is 18.2 Å². The van der Waals surface area contributed by atoms with Crippen LogP contribution in [-0.2, 0) is 14.8 Å². The summed E-state index contributed by atoms with van der Waals surface area (Å²) >= 11 is 0. The number of anilines is 2. The van der Waals surface area contributed by atoms with E-state index in [0.29, 0.717) is 6.54 Å². The molecule has 1 atom stereocenters. The second-order valence-corrected chi connectivity index (χ2v) is 5.99. The van der Waals surface area contributed by atoms with Crippen LogP contribution < -0.4 is 21.5 Å². The molecule has 20 heavy (non-hydrogen) atoms. The zero-order chi connectivity index (χ0) is 15.3. The molecular weight excluding hydrogens is 280 g/mol. The summed E-state index contributed by atoms with van der Waals surface area (Å²) in [6.07, 6.45) is 0.822. The molecule has 0 spiro atoms. The zero-order valence-corrected chi connectivity index (χ0v) is 12.3. The minimum atomic E-state index is -3.92. The van der Waals surface area contributed by atoms with E-state index in [1.807, 2.05) is 6.92 Å². The van der Waals surface area contributed by atoms with Crippen molar-refractivity contribution in [3.05, 3.63) is 18.2 Å². The summed E-state index contributed by atoms with van der Waals surface area (Å²) in [4.78, 5) is 11.6. The van der Waals surface area contributed by atoms with Gasteiger partial charge in [-0.3, -0.25) is 4.79 Å². The van der Waals surface area contributed by atoms with Gasteiger partial charge in [-0.25, -0.2) is 13.6 Å². The molecule has 1 rings (SSSR count). The van der Waals surface area contributed by atoms with Crippen molar-refractivity contribution in [2.45, 2.75) is 31.2 Å². The Bertz CT molecular complexity index is 586. The number of rotatable bonds is 6. The summed E-state index contributed by atoms with van der Waals surface area (Å²) in [5, 5.41) is 10.7. The van der Waals surface area contributed by atoms with Gasteiger partial charge in [0, 0.05) is 12.2 Å². The molecule has 6 N–H and O–H groups in total. The molecule has 112 valence electrons. The number of nitrogens with one attached hydrogen (secondary N) is 2. The fourth-order valence-corrected chi connectivity index (χ4v) is 2.33. The highest BCUT2D eigenvalue weighted by molar-refractivity contribution is 7.89. The predicted molar refractivity (Wildman–Crippen MR) is 78.6 cm³/mol. The number of nitrogen functional groups attached to an aromatic ring is 1. The van der Waals surface area contributed by atoms with Crippen molar-refractivity contribution >= 4 is 27.3 Å². The normalized spacial score (nSPS) is 12.8. The van der Waals surface area contributed by atoms with E-state index in [9.17, 15) is 13.2 Å². The average molecular weight is 300 g/mol. The lowest BCUT2D eigenvalue weighted by molar-refractivity contribution is -0.121. The Kier molecular flexibility index (Phi) is 5.34. The SMILES string of the molecule is CCCNC(=O)C(C)Nc1ccc(N)cc1S(N)(=O)=O. The summed E-state index contributed by atoms with van der Waals surface area (Å²) in [5.74, 6) is -0.218. The van der Waals surface area contributed by atoms with Crippen molar-refractivity contribution < 1.29 is 13.2 Å². The first kappa shape index (κ1) is 16.3.